The van der Waals surface area contributed by atoms with Gasteiger partial charge in [-0.05, 0) is 36.4 Å². The van der Waals surface area contributed by atoms with E-state index in [1.165, 1.54) is 0 Å². The van der Waals surface area contributed by atoms with E-state index in [1.54, 1.807) is 24.3 Å². The van der Waals surface area contributed by atoms with Crippen LogP contribution in [0.1, 0.15) is 10.4 Å². The first-order chi connectivity index (χ1) is 10.6. The number of carbonyl (C=O) groups is 3. The van der Waals surface area contributed by atoms with Gasteiger partial charge in [-0.2, -0.15) is 0 Å². The van der Waals surface area contributed by atoms with Crippen molar-refractivity contribution in [2.75, 3.05) is 13.1 Å². The Morgan fingerprint density at radius 1 is 0.955 bits per heavy atom. The van der Waals surface area contributed by atoms with Crippen LogP contribution in [0.3, 0.4) is 0 Å². The largest absolute Gasteiger partial charge is 0.480 e. The predicted octanol–water partition coefficient (Wildman–Crippen LogP) is 0.408. The van der Waals surface area contributed by atoms with Crippen LogP contribution in [-0.2, 0) is 9.59 Å². The lowest BCUT2D eigenvalue weighted by atomic mass is 10.2. The Labute approximate surface area is 126 Å². The number of amides is 2. The summed E-state index contributed by atoms with van der Waals surface area (Å²) in [6.45, 7) is -0.744. The molecule has 0 fully saturated rings. The number of nitrogens with zero attached hydrogens (tertiary/aromatic N) is 1. The van der Waals surface area contributed by atoms with Gasteiger partial charge in [0.2, 0.25) is 5.91 Å². The molecule has 22 heavy (non-hydrogen) atoms. The number of hydrogen-bond donors (Lipinski definition) is 3. The summed E-state index contributed by atoms with van der Waals surface area (Å²) in [6.07, 6.45) is 3.78. The maximum absolute atomic E-state index is 11.9. The van der Waals surface area contributed by atoms with Crippen LogP contribution in [0.4, 0.5) is 0 Å². The molecule has 1 heterocycles. The van der Waals surface area contributed by atoms with E-state index in [0.717, 1.165) is 5.69 Å². The number of nitrogens with one attached hydrogen (secondary N) is 2. The van der Waals surface area contributed by atoms with Crippen LogP contribution < -0.4 is 10.6 Å². The lowest BCUT2D eigenvalue weighted by Crippen LogP contribution is -2.39. The first-order valence-corrected chi connectivity index (χ1v) is 6.56. The molecule has 0 saturated heterocycles. The fourth-order valence-electron chi connectivity index (χ4n) is 1.79. The van der Waals surface area contributed by atoms with Crippen molar-refractivity contribution in [2.45, 2.75) is 0 Å². The van der Waals surface area contributed by atoms with Crippen LogP contribution in [0, 0.1) is 0 Å². The number of carboxylic acid groups (broad SMARTS) is 1. The molecule has 2 aromatic rings. The summed E-state index contributed by atoms with van der Waals surface area (Å²) < 4.78 is 1.90. The van der Waals surface area contributed by atoms with Gasteiger partial charge < -0.3 is 20.3 Å². The highest BCUT2D eigenvalue weighted by Crippen LogP contribution is 2.09. The predicted molar refractivity (Wildman–Crippen MR) is 78.7 cm³/mol. The zero-order valence-corrected chi connectivity index (χ0v) is 11.7. The molecule has 0 aliphatic heterocycles. The highest BCUT2D eigenvalue weighted by molar-refractivity contribution is 5.96. The molecule has 0 unspecified atom stereocenters. The van der Waals surface area contributed by atoms with Crippen LogP contribution in [0.5, 0.6) is 0 Å². The average Bonchev–Trinajstić information content (AvgIpc) is 3.05. The van der Waals surface area contributed by atoms with E-state index in [1.807, 2.05) is 29.1 Å². The van der Waals surface area contributed by atoms with E-state index in [0.29, 0.717) is 5.56 Å². The third kappa shape index (κ3) is 4.20. The molecule has 0 spiro atoms. The Kier molecular flexibility index (Phi) is 4.92. The molecule has 0 radical (unpaired) electrons. The molecule has 0 aliphatic carbocycles. The van der Waals surface area contributed by atoms with Gasteiger partial charge in [-0.3, -0.25) is 14.4 Å². The van der Waals surface area contributed by atoms with Crippen molar-refractivity contribution in [2.24, 2.45) is 0 Å². The second kappa shape index (κ2) is 7.07. The maximum Gasteiger partial charge on any atom is 0.322 e. The molecule has 0 bridgehead atoms. The highest BCUT2D eigenvalue weighted by Gasteiger charge is 2.09. The molecule has 1 aromatic carbocycles. The number of carboxylic acids is 1. The van der Waals surface area contributed by atoms with Gasteiger partial charge in [-0.25, -0.2) is 0 Å². The van der Waals surface area contributed by atoms with Crippen molar-refractivity contribution in [1.82, 2.24) is 15.2 Å². The van der Waals surface area contributed by atoms with E-state index in [-0.39, 0.29) is 6.54 Å². The number of carbonyl (C=O) groups excluding carboxylic acids is 2. The second-order valence-corrected chi connectivity index (χ2v) is 4.49. The third-order valence-corrected chi connectivity index (χ3v) is 2.88. The number of hydrogen-bond acceptors (Lipinski definition) is 3. The van der Waals surface area contributed by atoms with Gasteiger partial charge in [-0.1, -0.05) is 0 Å². The standard InChI is InChI=1S/C15H15N3O4/c19-13(16-10-14(20)21)9-17-15(22)11-3-5-12(6-4-11)18-7-1-2-8-18/h1-8H,9-10H2,(H,16,19)(H,17,22)(H,20,21). The minimum atomic E-state index is -1.14. The van der Waals surface area contributed by atoms with Gasteiger partial charge in [0.05, 0.1) is 6.54 Å². The van der Waals surface area contributed by atoms with Crippen LogP contribution in [0.2, 0.25) is 0 Å². The Morgan fingerprint density at radius 2 is 1.59 bits per heavy atom. The lowest BCUT2D eigenvalue weighted by molar-refractivity contribution is -0.137. The molecular formula is C15H15N3O4. The van der Waals surface area contributed by atoms with E-state index < -0.39 is 24.3 Å². The summed E-state index contributed by atoms with van der Waals surface area (Å²) in [6, 6.07) is 10.7. The number of rotatable bonds is 6. The Balaban J connectivity index is 1.87. The summed E-state index contributed by atoms with van der Waals surface area (Å²) in [4.78, 5) is 33.5. The fourth-order valence-corrected chi connectivity index (χ4v) is 1.79. The van der Waals surface area contributed by atoms with Gasteiger partial charge in [-0.15, -0.1) is 0 Å². The summed E-state index contributed by atoms with van der Waals surface area (Å²) in [5.74, 6) is -2.09. The van der Waals surface area contributed by atoms with E-state index in [9.17, 15) is 14.4 Å². The molecular weight excluding hydrogens is 286 g/mol. The van der Waals surface area contributed by atoms with Crippen molar-refractivity contribution >= 4 is 17.8 Å². The van der Waals surface area contributed by atoms with Crippen molar-refractivity contribution in [1.29, 1.82) is 0 Å². The maximum atomic E-state index is 11.9. The molecule has 2 amide bonds. The average molecular weight is 301 g/mol. The second-order valence-electron chi connectivity index (χ2n) is 4.49. The molecule has 0 aliphatic rings. The van der Waals surface area contributed by atoms with Crippen molar-refractivity contribution in [3.05, 3.63) is 54.4 Å². The molecule has 7 heteroatoms. The topological polar surface area (TPSA) is 100 Å². The van der Waals surface area contributed by atoms with E-state index in [4.69, 9.17) is 5.11 Å². The van der Waals surface area contributed by atoms with E-state index >= 15 is 0 Å². The molecule has 3 N–H and O–H groups in total. The molecule has 0 saturated carbocycles. The zero-order valence-electron chi connectivity index (χ0n) is 11.7. The smallest absolute Gasteiger partial charge is 0.322 e. The van der Waals surface area contributed by atoms with Crippen molar-refractivity contribution in [3.8, 4) is 5.69 Å². The summed E-state index contributed by atoms with van der Waals surface area (Å²) in [5.41, 5.74) is 1.34. The zero-order chi connectivity index (χ0) is 15.9. The van der Waals surface area contributed by atoms with E-state index in [2.05, 4.69) is 10.6 Å². The summed E-state index contributed by atoms with van der Waals surface area (Å²) in [5, 5.41) is 13.0. The van der Waals surface area contributed by atoms with Gasteiger partial charge >= 0.3 is 5.97 Å². The third-order valence-electron chi connectivity index (χ3n) is 2.88. The fraction of sp³-hybridized carbons (Fsp3) is 0.133. The van der Waals surface area contributed by atoms with Crippen molar-refractivity contribution < 1.29 is 19.5 Å². The normalized spacial score (nSPS) is 10.0. The van der Waals surface area contributed by atoms with Gasteiger partial charge in [0.15, 0.2) is 0 Å². The quantitative estimate of drug-likeness (QED) is 0.719. The van der Waals surface area contributed by atoms with Gasteiger partial charge in [0, 0.05) is 23.6 Å². The minimum absolute atomic E-state index is 0.272. The van der Waals surface area contributed by atoms with Crippen LogP contribution >= 0.6 is 0 Å². The first kappa shape index (κ1) is 15.3. The molecule has 1 aromatic heterocycles. The Bertz CT molecular complexity index is 663. The Hall–Kier alpha value is -3.09. The SMILES string of the molecule is O=C(O)CNC(=O)CNC(=O)c1ccc(-n2cccc2)cc1. The van der Waals surface area contributed by atoms with Crippen molar-refractivity contribution in [3.63, 3.8) is 0 Å². The number of benzene rings is 1. The van der Waals surface area contributed by atoms with Crippen LogP contribution in [0.15, 0.2) is 48.8 Å². The van der Waals surface area contributed by atoms with Gasteiger partial charge in [0.25, 0.3) is 5.91 Å². The van der Waals surface area contributed by atoms with Crippen LogP contribution in [-0.4, -0.2) is 40.5 Å². The first-order valence-electron chi connectivity index (χ1n) is 6.56. The molecule has 7 nitrogen and oxygen atoms in total. The molecule has 2 rings (SSSR count). The lowest BCUT2D eigenvalue weighted by Gasteiger charge is -2.07. The highest BCUT2D eigenvalue weighted by atomic mass is 16.4. The Morgan fingerprint density at radius 3 is 2.18 bits per heavy atom. The molecule has 114 valence electrons. The summed E-state index contributed by atoms with van der Waals surface area (Å²) >= 11 is 0. The summed E-state index contributed by atoms with van der Waals surface area (Å²) in [7, 11) is 0. The molecule has 0 atom stereocenters. The minimum Gasteiger partial charge on any atom is -0.480 e. The number of aromatic nitrogens is 1. The van der Waals surface area contributed by atoms with Gasteiger partial charge in [0.1, 0.15) is 6.54 Å². The van der Waals surface area contributed by atoms with Crippen LogP contribution in [0.25, 0.3) is 5.69 Å². The monoisotopic (exact) mass is 301 g/mol. The number of aliphatic carboxylic acids is 1.